The molecular weight excluding hydrogens is 236 g/mol. The molecule has 0 bridgehead atoms. The predicted molar refractivity (Wildman–Crippen MR) is 83.2 cm³/mol. The maximum Gasteiger partial charge on any atom is 0.142 e. The van der Waals surface area contributed by atoms with Crippen molar-refractivity contribution in [3.63, 3.8) is 0 Å². The van der Waals surface area contributed by atoms with Gasteiger partial charge in [0.15, 0.2) is 0 Å². The second-order valence-corrected chi connectivity index (χ2v) is 6.71. The molecule has 0 heterocycles. The van der Waals surface area contributed by atoms with Crippen LogP contribution in [0.4, 0.5) is 5.69 Å². The first-order valence-electron chi connectivity index (χ1n) is 6.76. The Balaban J connectivity index is 3.31. The number of anilines is 1. The van der Waals surface area contributed by atoms with Crippen molar-refractivity contribution in [2.45, 2.75) is 45.6 Å². The topological polar surface area (TPSA) is 38.5 Å². The van der Waals surface area contributed by atoms with E-state index in [1.165, 1.54) is 5.56 Å². The van der Waals surface area contributed by atoms with Gasteiger partial charge in [-0.2, -0.15) is 0 Å². The van der Waals surface area contributed by atoms with Crippen LogP contribution in [0.25, 0.3) is 0 Å². The molecule has 2 N–H and O–H groups in total. The summed E-state index contributed by atoms with van der Waals surface area (Å²) in [5.74, 6) is 0.886. The third-order valence-electron chi connectivity index (χ3n) is 3.81. The van der Waals surface area contributed by atoms with Crippen molar-refractivity contribution in [3.8, 4) is 5.75 Å². The lowest BCUT2D eigenvalue weighted by Gasteiger charge is -2.38. The van der Waals surface area contributed by atoms with Crippen molar-refractivity contribution in [1.82, 2.24) is 0 Å². The summed E-state index contributed by atoms with van der Waals surface area (Å²) in [5, 5.41) is 0. The van der Waals surface area contributed by atoms with Gasteiger partial charge in [-0.3, -0.25) is 0 Å². The van der Waals surface area contributed by atoms with E-state index in [1.54, 1.807) is 7.11 Å². The van der Waals surface area contributed by atoms with E-state index in [9.17, 15) is 0 Å². The average molecular weight is 264 g/mol. The van der Waals surface area contributed by atoms with Crippen LogP contribution in [0.3, 0.4) is 0 Å². The number of nitrogens with two attached hydrogens (primary N) is 1. The highest BCUT2D eigenvalue weighted by Gasteiger charge is 2.25. The lowest BCUT2D eigenvalue weighted by atomic mass is 9.86. The van der Waals surface area contributed by atoms with E-state index < -0.39 is 0 Å². The number of benzene rings is 1. The molecule has 0 unspecified atom stereocenters. The molecule has 0 amide bonds. The van der Waals surface area contributed by atoms with Gasteiger partial charge in [-0.15, -0.1) is 0 Å². The van der Waals surface area contributed by atoms with Crippen LogP contribution < -0.4 is 15.4 Å². The summed E-state index contributed by atoms with van der Waals surface area (Å²) in [6, 6.07) is 6.38. The van der Waals surface area contributed by atoms with Gasteiger partial charge in [-0.05, 0) is 37.0 Å². The van der Waals surface area contributed by atoms with E-state index in [2.05, 4.69) is 58.7 Å². The van der Waals surface area contributed by atoms with E-state index in [0.29, 0.717) is 6.54 Å². The summed E-state index contributed by atoms with van der Waals surface area (Å²) in [5.41, 5.74) is 8.27. The van der Waals surface area contributed by atoms with Crippen LogP contribution in [-0.2, 0) is 5.41 Å². The molecule has 1 aromatic rings. The largest absolute Gasteiger partial charge is 0.495 e. The number of nitrogens with zero attached hydrogens (tertiary/aromatic N) is 1. The molecule has 0 atom stereocenters. The Labute approximate surface area is 117 Å². The van der Waals surface area contributed by atoms with Crippen LogP contribution in [0.15, 0.2) is 18.2 Å². The molecule has 108 valence electrons. The molecule has 0 fully saturated rings. The van der Waals surface area contributed by atoms with Gasteiger partial charge in [0.25, 0.3) is 0 Å². The van der Waals surface area contributed by atoms with Gasteiger partial charge < -0.3 is 15.4 Å². The average Bonchev–Trinajstić information content (AvgIpc) is 2.35. The van der Waals surface area contributed by atoms with Gasteiger partial charge in [0.2, 0.25) is 0 Å². The number of rotatable bonds is 4. The Morgan fingerprint density at radius 3 is 2.16 bits per heavy atom. The normalized spacial score (nSPS) is 12.4. The fraction of sp³-hybridized carbons (Fsp3) is 0.625. The summed E-state index contributed by atoms with van der Waals surface area (Å²) in [4.78, 5) is 2.20. The SMILES string of the molecule is COc1ccc(C(C)(C)C)cc1N(C)C(C)(C)CN. The van der Waals surface area contributed by atoms with Crippen LogP contribution >= 0.6 is 0 Å². The molecule has 0 radical (unpaired) electrons. The fourth-order valence-electron chi connectivity index (χ4n) is 1.88. The third kappa shape index (κ3) is 3.41. The highest BCUT2D eigenvalue weighted by atomic mass is 16.5. The van der Waals surface area contributed by atoms with E-state index in [-0.39, 0.29) is 11.0 Å². The number of likely N-dealkylation sites (N-methyl/N-ethyl adjacent to an activating group) is 1. The minimum atomic E-state index is -0.107. The highest BCUT2D eigenvalue weighted by molar-refractivity contribution is 5.62. The van der Waals surface area contributed by atoms with Gasteiger partial charge in [0.1, 0.15) is 5.75 Å². The van der Waals surface area contributed by atoms with E-state index in [0.717, 1.165) is 11.4 Å². The minimum absolute atomic E-state index is 0.107. The Morgan fingerprint density at radius 2 is 1.74 bits per heavy atom. The molecule has 0 spiro atoms. The summed E-state index contributed by atoms with van der Waals surface area (Å²) in [7, 11) is 3.77. The lowest BCUT2D eigenvalue weighted by Crippen LogP contribution is -2.47. The first-order valence-corrected chi connectivity index (χ1v) is 6.76. The quantitative estimate of drug-likeness (QED) is 0.908. The molecule has 19 heavy (non-hydrogen) atoms. The third-order valence-corrected chi connectivity index (χ3v) is 3.81. The molecule has 3 nitrogen and oxygen atoms in total. The molecule has 0 aromatic heterocycles. The Morgan fingerprint density at radius 1 is 1.16 bits per heavy atom. The zero-order valence-electron chi connectivity index (χ0n) is 13.4. The van der Waals surface area contributed by atoms with E-state index in [1.807, 2.05) is 6.07 Å². The Kier molecular flexibility index (Phi) is 4.51. The van der Waals surface area contributed by atoms with E-state index >= 15 is 0 Å². The first kappa shape index (κ1) is 15.8. The maximum absolute atomic E-state index is 5.88. The first-order chi connectivity index (χ1) is 8.63. The van der Waals surface area contributed by atoms with Crippen LogP contribution in [0.5, 0.6) is 5.75 Å². The van der Waals surface area contributed by atoms with Crippen molar-refractivity contribution in [3.05, 3.63) is 23.8 Å². The van der Waals surface area contributed by atoms with Gasteiger partial charge >= 0.3 is 0 Å². The summed E-state index contributed by atoms with van der Waals surface area (Å²) in [6.45, 7) is 11.5. The summed E-state index contributed by atoms with van der Waals surface area (Å²) in [6.07, 6.45) is 0. The van der Waals surface area contributed by atoms with Gasteiger partial charge in [-0.25, -0.2) is 0 Å². The monoisotopic (exact) mass is 264 g/mol. The molecule has 3 heteroatoms. The zero-order chi connectivity index (χ0) is 14.8. The van der Waals surface area contributed by atoms with Crippen molar-refractivity contribution < 1.29 is 4.74 Å². The standard InChI is InChI=1S/C16H28N2O/c1-15(2,3)12-8-9-14(19-7)13(10-12)18(6)16(4,5)11-17/h8-10H,11,17H2,1-7H3. The van der Waals surface area contributed by atoms with Crippen LogP contribution in [0, 0.1) is 0 Å². The molecule has 0 aliphatic carbocycles. The van der Waals surface area contributed by atoms with E-state index in [4.69, 9.17) is 10.5 Å². The Hall–Kier alpha value is -1.22. The summed E-state index contributed by atoms with van der Waals surface area (Å²) >= 11 is 0. The lowest BCUT2D eigenvalue weighted by molar-refractivity contribution is 0.407. The number of methoxy groups -OCH3 is 1. The maximum atomic E-state index is 5.88. The molecule has 0 aliphatic rings. The molecule has 1 rings (SSSR count). The zero-order valence-corrected chi connectivity index (χ0v) is 13.4. The molecular formula is C16H28N2O. The second kappa shape index (κ2) is 5.41. The molecule has 1 aromatic carbocycles. The van der Waals surface area contributed by atoms with Crippen molar-refractivity contribution in [1.29, 1.82) is 0 Å². The second-order valence-electron chi connectivity index (χ2n) is 6.71. The van der Waals surface area contributed by atoms with Crippen LogP contribution in [-0.4, -0.2) is 26.2 Å². The van der Waals surface area contributed by atoms with Crippen LogP contribution in [0.2, 0.25) is 0 Å². The molecule has 0 aliphatic heterocycles. The predicted octanol–water partition coefficient (Wildman–Crippen LogP) is 3.17. The van der Waals surface area contributed by atoms with Crippen molar-refractivity contribution in [2.75, 3.05) is 25.6 Å². The van der Waals surface area contributed by atoms with Gasteiger partial charge in [0.05, 0.1) is 12.8 Å². The smallest absolute Gasteiger partial charge is 0.142 e. The molecule has 0 saturated heterocycles. The minimum Gasteiger partial charge on any atom is -0.495 e. The summed E-state index contributed by atoms with van der Waals surface area (Å²) < 4.78 is 5.49. The number of hydrogen-bond acceptors (Lipinski definition) is 3. The number of hydrogen-bond donors (Lipinski definition) is 1. The van der Waals surface area contributed by atoms with Gasteiger partial charge in [0, 0.05) is 19.1 Å². The Bertz CT molecular complexity index is 433. The highest BCUT2D eigenvalue weighted by Crippen LogP contribution is 2.35. The number of ether oxygens (including phenoxy) is 1. The molecule has 0 saturated carbocycles. The fourth-order valence-corrected chi connectivity index (χ4v) is 1.88. The van der Waals surface area contributed by atoms with Crippen LogP contribution in [0.1, 0.15) is 40.2 Å². The van der Waals surface area contributed by atoms with Crippen molar-refractivity contribution in [2.24, 2.45) is 5.73 Å². The van der Waals surface area contributed by atoms with Gasteiger partial charge in [-0.1, -0.05) is 26.8 Å². The van der Waals surface area contributed by atoms with Crippen molar-refractivity contribution >= 4 is 5.69 Å².